The van der Waals surface area contributed by atoms with Gasteiger partial charge in [-0.3, -0.25) is 4.90 Å². The third-order valence-corrected chi connectivity index (χ3v) is 4.11. The van der Waals surface area contributed by atoms with E-state index in [0.29, 0.717) is 13.1 Å². The third kappa shape index (κ3) is 4.60. The zero-order valence-electron chi connectivity index (χ0n) is 12.5. The van der Waals surface area contributed by atoms with E-state index in [9.17, 15) is 26.3 Å². The molecule has 1 aliphatic rings. The fourth-order valence-corrected chi connectivity index (χ4v) is 2.80. The van der Waals surface area contributed by atoms with Crippen LogP contribution in [0.1, 0.15) is 30.0 Å². The van der Waals surface area contributed by atoms with E-state index in [-0.39, 0.29) is 30.1 Å². The molecule has 0 aromatic heterocycles. The van der Waals surface area contributed by atoms with Gasteiger partial charge in [-0.2, -0.15) is 26.3 Å². The molecule has 1 aliphatic heterocycles. The van der Waals surface area contributed by atoms with Gasteiger partial charge in [0, 0.05) is 19.1 Å². The lowest BCUT2D eigenvalue weighted by molar-refractivity contribution is -0.143. The minimum absolute atomic E-state index is 0.0116. The summed E-state index contributed by atoms with van der Waals surface area (Å²) in [4.78, 5) is 1.84. The minimum atomic E-state index is -4.81. The first-order chi connectivity index (χ1) is 10.5. The van der Waals surface area contributed by atoms with Crippen LogP contribution in [0.4, 0.5) is 26.3 Å². The van der Waals surface area contributed by atoms with Crippen molar-refractivity contribution in [1.82, 2.24) is 4.90 Å². The van der Waals surface area contributed by atoms with Crippen molar-refractivity contribution in [3.05, 3.63) is 34.9 Å². The minimum Gasteiger partial charge on any atom is -0.328 e. The highest BCUT2D eigenvalue weighted by Gasteiger charge is 2.37. The van der Waals surface area contributed by atoms with Gasteiger partial charge in [0.25, 0.3) is 0 Å². The van der Waals surface area contributed by atoms with E-state index >= 15 is 0 Å². The second kappa shape index (κ2) is 6.32. The number of alkyl halides is 6. The SMILES string of the molecule is CC(N)C1CCN(Cc2cc(C(F)(F)F)cc(C(F)(F)F)c2)C1. The standard InChI is InChI=1S/C15H18F6N2/c1-9(22)11-2-3-23(8-11)7-10-4-12(14(16,17)18)6-13(5-10)15(19,20)21/h4-6,9,11H,2-3,7-8,22H2,1H3. The molecule has 23 heavy (non-hydrogen) atoms. The average molecular weight is 340 g/mol. The summed E-state index contributed by atoms with van der Waals surface area (Å²) in [6.45, 7) is 3.09. The zero-order chi connectivity index (χ0) is 17.4. The van der Waals surface area contributed by atoms with E-state index in [1.54, 1.807) is 0 Å². The highest BCUT2D eigenvalue weighted by molar-refractivity contribution is 5.33. The molecule has 2 rings (SSSR count). The quantitative estimate of drug-likeness (QED) is 0.846. The molecule has 2 N–H and O–H groups in total. The maximum Gasteiger partial charge on any atom is 0.416 e. The van der Waals surface area contributed by atoms with Gasteiger partial charge in [0.2, 0.25) is 0 Å². The largest absolute Gasteiger partial charge is 0.416 e. The van der Waals surface area contributed by atoms with E-state index in [0.717, 1.165) is 18.6 Å². The summed E-state index contributed by atoms with van der Waals surface area (Å²) in [6, 6.07) is 1.67. The van der Waals surface area contributed by atoms with E-state index in [1.807, 2.05) is 11.8 Å². The molecule has 2 atom stereocenters. The summed E-state index contributed by atoms with van der Waals surface area (Å²) in [5.74, 6) is 0.211. The Morgan fingerprint density at radius 1 is 1.09 bits per heavy atom. The van der Waals surface area contributed by atoms with Crippen LogP contribution in [0.3, 0.4) is 0 Å². The van der Waals surface area contributed by atoms with Gasteiger partial charge in [0.05, 0.1) is 11.1 Å². The van der Waals surface area contributed by atoms with Crippen molar-refractivity contribution in [3.63, 3.8) is 0 Å². The molecule has 0 amide bonds. The predicted octanol–water partition coefficient (Wildman–Crippen LogP) is 3.89. The molecular weight excluding hydrogens is 322 g/mol. The molecule has 0 saturated carbocycles. The van der Waals surface area contributed by atoms with Gasteiger partial charge in [-0.1, -0.05) is 0 Å². The first kappa shape index (κ1) is 18.1. The lowest BCUT2D eigenvalue weighted by atomic mass is 10.0. The fraction of sp³-hybridized carbons (Fsp3) is 0.600. The molecule has 2 unspecified atom stereocenters. The van der Waals surface area contributed by atoms with E-state index in [1.165, 1.54) is 0 Å². The molecule has 1 heterocycles. The van der Waals surface area contributed by atoms with Gasteiger partial charge < -0.3 is 5.73 Å². The lowest BCUT2D eigenvalue weighted by Gasteiger charge is -2.20. The molecule has 1 aromatic carbocycles. The molecule has 0 radical (unpaired) electrons. The molecule has 0 bridgehead atoms. The number of nitrogens with zero attached hydrogens (tertiary/aromatic N) is 1. The van der Waals surface area contributed by atoms with Crippen molar-refractivity contribution >= 4 is 0 Å². The van der Waals surface area contributed by atoms with Gasteiger partial charge >= 0.3 is 12.4 Å². The molecule has 1 fully saturated rings. The Hall–Kier alpha value is -1.28. The zero-order valence-corrected chi connectivity index (χ0v) is 12.5. The Bertz CT molecular complexity index is 518. The number of halogens is 6. The second-order valence-corrected chi connectivity index (χ2v) is 6.06. The summed E-state index contributed by atoms with van der Waals surface area (Å²) in [6.07, 6.45) is -8.83. The van der Waals surface area contributed by atoms with Gasteiger partial charge in [-0.25, -0.2) is 0 Å². The van der Waals surface area contributed by atoms with Gasteiger partial charge in [0.15, 0.2) is 0 Å². The Kier molecular flexibility index (Phi) is 4.96. The number of rotatable bonds is 3. The maximum atomic E-state index is 12.8. The second-order valence-electron chi connectivity index (χ2n) is 6.06. The molecule has 8 heteroatoms. The van der Waals surface area contributed by atoms with Gasteiger partial charge in [-0.15, -0.1) is 0 Å². The van der Waals surface area contributed by atoms with E-state index in [2.05, 4.69) is 0 Å². The predicted molar refractivity (Wildman–Crippen MR) is 73.5 cm³/mol. The van der Waals surface area contributed by atoms with Crippen LogP contribution in [-0.4, -0.2) is 24.0 Å². The van der Waals surface area contributed by atoms with Gasteiger partial charge in [-0.05, 0) is 49.6 Å². The molecule has 2 nitrogen and oxygen atoms in total. The van der Waals surface area contributed by atoms with Crippen molar-refractivity contribution in [2.24, 2.45) is 11.7 Å². The molecule has 1 saturated heterocycles. The van der Waals surface area contributed by atoms with E-state index < -0.39 is 23.5 Å². The van der Waals surface area contributed by atoms with Crippen LogP contribution in [0.2, 0.25) is 0 Å². The summed E-state index contributed by atoms with van der Waals surface area (Å²) in [7, 11) is 0. The Balaban J connectivity index is 2.24. The van der Waals surface area contributed by atoms with E-state index in [4.69, 9.17) is 5.73 Å². The average Bonchev–Trinajstić information content (AvgIpc) is 2.85. The van der Waals surface area contributed by atoms with Crippen molar-refractivity contribution < 1.29 is 26.3 Å². The summed E-state index contributed by atoms with van der Waals surface area (Å²) < 4.78 is 76.9. The normalized spacial score (nSPS) is 21.7. The monoisotopic (exact) mass is 340 g/mol. The number of nitrogens with two attached hydrogens (primary N) is 1. The molecule has 0 aliphatic carbocycles. The number of hydrogen-bond donors (Lipinski definition) is 1. The van der Waals surface area contributed by atoms with Crippen LogP contribution in [0.15, 0.2) is 18.2 Å². The molecule has 1 aromatic rings. The van der Waals surface area contributed by atoms with Crippen molar-refractivity contribution in [3.8, 4) is 0 Å². The van der Waals surface area contributed by atoms with Crippen LogP contribution in [0.5, 0.6) is 0 Å². The highest BCUT2D eigenvalue weighted by atomic mass is 19.4. The van der Waals surface area contributed by atoms with Crippen molar-refractivity contribution in [2.75, 3.05) is 13.1 Å². The lowest BCUT2D eigenvalue weighted by Crippen LogP contribution is -2.29. The van der Waals surface area contributed by atoms with Crippen molar-refractivity contribution in [2.45, 2.75) is 38.3 Å². The smallest absolute Gasteiger partial charge is 0.328 e. The van der Waals surface area contributed by atoms with Crippen LogP contribution in [-0.2, 0) is 18.9 Å². The first-order valence-corrected chi connectivity index (χ1v) is 7.23. The molecular formula is C15H18F6N2. The van der Waals surface area contributed by atoms with Crippen molar-refractivity contribution in [1.29, 1.82) is 0 Å². The Morgan fingerprint density at radius 2 is 1.61 bits per heavy atom. The number of likely N-dealkylation sites (tertiary alicyclic amines) is 1. The summed E-state index contributed by atoms with van der Waals surface area (Å²) >= 11 is 0. The summed E-state index contributed by atoms with van der Waals surface area (Å²) in [5.41, 5.74) is 3.26. The van der Waals surface area contributed by atoms with Gasteiger partial charge in [0.1, 0.15) is 0 Å². The Morgan fingerprint density at radius 3 is 2.00 bits per heavy atom. The van der Waals surface area contributed by atoms with Crippen LogP contribution in [0.25, 0.3) is 0 Å². The van der Waals surface area contributed by atoms with Crippen LogP contribution >= 0.6 is 0 Å². The third-order valence-electron chi connectivity index (χ3n) is 4.11. The first-order valence-electron chi connectivity index (χ1n) is 7.23. The highest BCUT2D eigenvalue weighted by Crippen LogP contribution is 2.36. The fourth-order valence-electron chi connectivity index (χ4n) is 2.80. The molecule has 130 valence electrons. The topological polar surface area (TPSA) is 29.3 Å². The number of benzene rings is 1. The molecule has 0 spiro atoms. The van der Waals surface area contributed by atoms with Crippen LogP contribution < -0.4 is 5.73 Å². The number of hydrogen-bond acceptors (Lipinski definition) is 2. The Labute approximate surface area is 130 Å². The van der Waals surface area contributed by atoms with Crippen LogP contribution in [0, 0.1) is 5.92 Å². The summed E-state index contributed by atoms with van der Waals surface area (Å²) in [5, 5.41) is 0. The maximum absolute atomic E-state index is 12.8.